The van der Waals surface area contributed by atoms with E-state index in [4.69, 9.17) is 0 Å². The highest BCUT2D eigenvalue weighted by molar-refractivity contribution is 9.10. The average molecular weight is 325 g/mol. The fraction of sp³-hybridized carbons (Fsp3) is 0.133. The van der Waals surface area contributed by atoms with Gasteiger partial charge in [-0.25, -0.2) is 8.78 Å². The number of ketones is 1. The molecule has 0 aliphatic heterocycles. The summed E-state index contributed by atoms with van der Waals surface area (Å²) in [5.74, 6) is -1.21. The maximum Gasteiger partial charge on any atom is 0.167 e. The summed E-state index contributed by atoms with van der Waals surface area (Å²) in [5, 5.41) is 0. The zero-order valence-corrected chi connectivity index (χ0v) is 11.8. The number of rotatable bonds is 3. The molecule has 98 valence electrons. The molecular weight excluding hydrogens is 314 g/mol. The van der Waals surface area contributed by atoms with E-state index in [0.29, 0.717) is 15.6 Å². The highest BCUT2D eigenvalue weighted by atomic mass is 79.9. The van der Waals surface area contributed by atoms with Gasteiger partial charge in [0.1, 0.15) is 11.6 Å². The van der Waals surface area contributed by atoms with E-state index >= 15 is 0 Å². The molecule has 0 aliphatic rings. The van der Waals surface area contributed by atoms with Crippen molar-refractivity contribution in [2.75, 3.05) is 0 Å². The van der Waals surface area contributed by atoms with Crippen molar-refractivity contribution in [3.05, 3.63) is 69.2 Å². The lowest BCUT2D eigenvalue weighted by Gasteiger charge is -2.05. The third kappa shape index (κ3) is 3.47. The minimum Gasteiger partial charge on any atom is -0.294 e. The highest BCUT2D eigenvalue weighted by Crippen LogP contribution is 2.18. The number of halogens is 3. The van der Waals surface area contributed by atoms with Crippen molar-refractivity contribution in [3.8, 4) is 0 Å². The molecule has 0 fully saturated rings. The monoisotopic (exact) mass is 324 g/mol. The van der Waals surface area contributed by atoms with Gasteiger partial charge in [0.05, 0.1) is 0 Å². The van der Waals surface area contributed by atoms with Crippen molar-refractivity contribution >= 4 is 21.7 Å². The van der Waals surface area contributed by atoms with Crippen molar-refractivity contribution in [2.45, 2.75) is 13.3 Å². The zero-order chi connectivity index (χ0) is 14.0. The second-order valence-electron chi connectivity index (χ2n) is 4.35. The second-order valence-corrected chi connectivity index (χ2v) is 5.27. The van der Waals surface area contributed by atoms with Gasteiger partial charge in [-0.1, -0.05) is 22.0 Å². The van der Waals surface area contributed by atoms with E-state index in [1.807, 2.05) is 0 Å². The average Bonchev–Trinajstić information content (AvgIpc) is 2.31. The van der Waals surface area contributed by atoms with E-state index in [9.17, 15) is 13.6 Å². The lowest BCUT2D eigenvalue weighted by molar-refractivity contribution is 0.0991. The Morgan fingerprint density at radius 3 is 2.53 bits per heavy atom. The lowest BCUT2D eigenvalue weighted by Crippen LogP contribution is -2.06. The predicted octanol–water partition coefficient (Wildman–Crippen LogP) is 4.46. The minimum atomic E-state index is -0.459. The molecule has 0 saturated carbocycles. The van der Waals surface area contributed by atoms with Crippen LogP contribution in [0, 0.1) is 18.6 Å². The fourth-order valence-corrected chi connectivity index (χ4v) is 2.17. The number of hydrogen-bond donors (Lipinski definition) is 0. The van der Waals surface area contributed by atoms with Crippen molar-refractivity contribution in [2.24, 2.45) is 0 Å². The van der Waals surface area contributed by atoms with Crippen LogP contribution < -0.4 is 0 Å². The standard InChI is InChI=1S/C15H11BrF2O/c1-9-4-11(6-13(17)5-9)15(19)7-10-2-3-12(16)8-14(10)18/h2-6,8H,7H2,1H3. The molecule has 4 heteroatoms. The highest BCUT2D eigenvalue weighted by Gasteiger charge is 2.12. The van der Waals surface area contributed by atoms with Crippen LogP contribution in [-0.2, 0) is 6.42 Å². The first-order chi connectivity index (χ1) is 8.95. The first-order valence-electron chi connectivity index (χ1n) is 5.70. The third-order valence-corrected chi connectivity index (χ3v) is 3.22. The van der Waals surface area contributed by atoms with Gasteiger partial charge < -0.3 is 0 Å². The third-order valence-electron chi connectivity index (χ3n) is 2.73. The van der Waals surface area contributed by atoms with Crippen LogP contribution in [0.5, 0.6) is 0 Å². The Labute approximate surface area is 118 Å². The van der Waals surface area contributed by atoms with Crippen LogP contribution in [0.15, 0.2) is 40.9 Å². The summed E-state index contributed by atoms with van der Waals surface area (Å²) in [6.45, 7) is 1.71. The molecule has 0 radical (unpaired) electrons. The Balaban J connectivity index is 2.25. The summed E-state index contributed by atoms with van der Waals surface area (Å²) in [5.41, 5.74) is 1.23. The number of carbonyl (C=O) groups excluding carboxylic acids is 1. The van der Waals surface area contributed by atoms with E-state index < -0.39 is 11.6 Å². The van der Waals surface area contributed by atoms with Crippen molar-refractivity contribution in [1.29, 1.82) is 0 Å². The summed E-state index contributed by atoms with van der Waals surface area (Å²) < 4.78 is 27.5. The van der Waals surface area contributed by atoms with E-state index in [1.165, 1.54) is 18.2 Å². The quantitative estimate of drug-likeness (QED) is 0.762. The Kier molecular flexibility index (Phi) is 4.10. The van der Waals surface area contributed by atoms with Gasteiger partial charge >= 0.3 is 0 Å². The topological polar surface area (TPSA) is 17.1 Å². The molecular formula is C15H11BrF2O. The molecule has 2 aromatic carbocycles. The molecule has 0 aliphatic carbocycles. The summed E-state index contributed by atoms with van der Waals surface area (Å²) >= 11 is 3.15. The molecule has 0 bridgehead atoms. The van der Waals surface area contributed by atoms with E-state index in [-0.39, 0.29) is 17.8 Å². The number of Topliss-reactive ketones (excluding diaryl/α,β-unsaturated/α-hetero) is 1. The maximum absolute atomic E-state index is 13.6. The predicted molar refractivity (Wildman–Crippen MR) is 73.3 cm³/mol. The normalized spacial score (nSPS) is 10.5. The molecule has 0 heterocycles. The van der Waals surface area contributed by atoms with Crippen LogP contribution in [0.4, 0.5) is 8.78 Å². The Hall–Kier alpha value is -1.55. The van der Waals surface area contributed by atoms with Crippen LogP contribution in [0.3, 0.4) is 0 Å². The Morgan fingerprint density at radius 2 is 1.89 bits per heavy atom. The van der Waals surface area contributed by atoms with Crippen molar-refractivity contribution in [1.82, 2.24) is 0 Å². The van der Waals surface area contributed by atoms with E-state index in [1.54, 1.807) is 25.1 Å². The molecule has 0 aromatic heterocycles. The van der Waals surface area contributed by atoms with Crippen LogP contribution in [0.25, 0.3) is 0 Å². The molecule has 2 rings (SSSR count). The van der Waals surface area contributed by atoms with Gasteiger partial charge in [-0.3, -0.25) is 4.79 Å². The first kappa shape index (κ1) is 13.9. The molecule has 1 nitrogen and oxygen atoms in total. The van der Waals surface area contributed by atoms with E-state index in [0.717, 1.165) is 0 Å². The number of benzene rings is 2. The van der Waals surface area contributed by atoms with Gasteiger partial charge in [-0.2, -0.15) is 0 Å². The fourth-order valence-electron chi connectivity index (χ4n) is 1.84. The number of carbonyl (C=O) groups is 1. The minimum absolute atomic E-state index is 0.0813. The van der Waals surface area contributed by atoms with Gasteiger partial charge in [0.2, 0.25) is 0 Å². The molecule has 0 amide bonds. The molecule has 0 unspecified atom stereocenters. The smallest absolute Gasteiger partial charge is 0.167 e. The number of aryl methyl sites for hydroxylation is 1. The van der Waals surface area contributed by atoms with Gasteiger partial charge in [0, 0.05) is 16.5 Å². The van der Waals surface area contributed by atoms with Gasteiger partial charge in [-0.15, -0.1) is 0 Å². The lowest BCUT2D eigenvalue weighted by atomic mass is 10.0. The Morgan fingerprint density at radius 1 is 1.16 bits per heavy atom. The van der Waals surface area contributed by atoms with Gasteiger partial charge in [0.15, 0.2) is 5.78 Å². The Bertz CT molecular complexity index is 618. The second kappa shape index (κ2) is 5.61. The molecule has 19 heavy (non-hydrogen) atoms. The molecule has 0 saturated heterocycles. The van der Waals surface area contributed by atoms with Crippen LogP contribution in [0.2, 0.25) is 0 Å². The maximum atomic E-state index is 13.6. The van der Waals surface area contributed by atoms with Crippen molar-refractivity contribution < 1.29 is 13.6 Å². The molecule has 0 N–H and O–H groups in total. The summed E-state index contributed by atoms with van der Waals surface area (Å²) in [6.07, 6.45) is -0.0813. The number of hydrogen-bond acceptors (Lipinski definition) is 1. The van der Waals surface area contributed by atoms with Gasteiger partial charge in [-0.05, 0) is 48.4 Å². The molecule has 0 atom stereocenters. The molecule has 0 spiro atoms. The summed E-state index contributed by atoms with van der Waals surface area (Å²) in [6, 6.07) is 8.64. The summed E-state index contributed by atoms with van der Waals surface area (Å²) in [7, 11) is 0. The largest absolute Gasteiger partial charge is 0.294 e. The molecule has 2 aromatic rings. The van der Waals surface area contributed by atoms with Crippen molar-refractivity contribution in [3.63, 3.8) is 0 Å². The zero-order valence-electron chi connectivity index (χ0n) is 10.2. The van der Waals surface area contributed by atoms with E-state index in [2.05, 4.69) is 15.9 Å². The summed E-state index contributed by atoms with van der Waals surface area (Å²) in [4.78, 5) is 12.0. The van der Waals surface area contributed by atoms with Crippen LogP contribution in [0.1, 0.15) is 21.5 Å². The van der Waals surface area contributed by atoms with Crippen LogP contribution in [-0.4, -0.2) is 5.78 Å². The van der Waals surface area contributed by atoms with Gasteiger partial charge in [0.25, 0.3) is 0 Å². The first-order valence-corrected chi connectivity index (χ1v) is 6.49. The SMILES string of the molecule is Cc1cc(F)cc(C(=O)Cc2ccc(Br)cc2F)c1. The van der Waals surface area contributed by atoms with Crippen LogP contribution >= 0.6 is 15.9 Å².